The Morgan fingerprint density at radius 2 is 1.24 bits per heavy atom. The second-order valence-corrected chi connectivity index (χ2v) is 9.41. The minimum atomic E-state index is -4.31. The standard InChI is InChI=1S/C19H26F4O2/c1-13(24)25-17-11-9-16(10-12-17,18(20,21)19(17,22)23)15-6-3-14(2,4-7-15)5-8-15/h3-12H2,1-2H3. The van der Waals surface area contributed by atoms with E-state index >= 15 is 17.6 Å². The molecule has 0 unspecified atom stereocenters. The van der Waals surface area contributed by atoms with E-state index in [-0.39, 0.29) is 31.1 Å². The average molecular weight is 362 g/mol. The van der Waals surface area contributed by atoms with Crippen LogP contribution < -0.4 is 0 Å². The van der Waals surface area contributed by atoms with E-state index in [2.05, 4.69) is 6.92 Å². The van der Waals surface area contributed by atoms with Gasteiger partial charge in [0.2, 0.25) is 0 Å². The number of rotatable bonds is 2. The van der Waals surface area contributed by atoms with Crippen LogP contribution in [0.3, 0.4) is 0 Å². The van der Waals surface area contributed by atoms with Crippen LogP contribution in [0.1, 0.15) is 78.1 Å². The van der Waals surface area contributed by atoms with Crippen LogP contribution in [0.5, 0.6) is 0 Å². The van der Waals surface area contributed by atoms with Gasteiger partial charge in [-0.2, -0.15) is 17.6 Å². The number of esters is 1. The molecule has 25 heavy (non-hydrogen) atoms. The number of hydrogen-bond donors (Lipinski definition) is 0. The van der Waals surface area contributed by atoms with Gasteiger partial charge in [-0.15, -0.1) is 0 Å². The summed E-state index contributed by atoms with van der Waals surface area (Å²) in [6, 6.07) is 0. The molecule has 4 bridgehead atoms. The highest BCUT2D eigenvalue weighted by atomic mass is 19.3. The maximum absolute atomic E-state index is 15.4. The highest BCUT2D eigenvalue weighted by Crippen LogP contribution is 2.77. The number of carbonyl (C=O) groups excluding carboxylic acids is 1. The van der Waals surface area contributed by atoms with Crippen molar-refractivity contribution in [3.8, 4) is 0 Å². The summed E-state index contributed by atoms with van der Waals surface area (Å²) in [6.45, 7) is 3.20. The third kappa shape index (κ3) is 1.84. The molecule has 0 aliphatic heterocycles. The van der Waals surface area contributed by atoms with Crippen molar-refractivity contribution >= 4 is 5.97 Å². The van der Waals surface area contributed by atoms with Crippen molar-refractivity contribution in [2.24, 2.45) is 16.2 Å². The Morgan fingerprint density at radius 3 is 1.68 bits per heavy atom. The molecule has 0 amide bonds. The Morgan fingerprint density at radius 1 is 0.760 bits per heavy atom. The first-order valence-corrected chi connectivity index (χ1v) is 9.40. The summed E-state index contributed by atoms with van der Waals surface area (Å²) < 4.78 is 65.8. The highest BCUT2D eigenvalue weighted by Gasteiger charge is 2.86. The Hall–Kier alpha value is -0.810. The molecule has 6 saturated carbocycles. The van der Waals surface area contributed by atoms with Gasteiger partial charge in [-0.3, -0.25) is 4.79 Å². The van der Waals surface area contributed by atoms with Gasteiger partial charge in [0.25, 0.3) is 0 Å². The lowest BCUT2D eigenvalue weighted by atomic mass is 9.38. The van der Waals surface area contributed by atoms with Crippen LogP contribution in [0.2, 0.25) is 0 Å². The predicted octanol–water partition coefficient (Wildman–Crippen LogP) is 5.49. The minimum Gasteiger partial charge on any atom is -0.453 e. The molecule has 142 valence electrons. The average Bonchev–Trinajstić information content (AvgIpc) is 2.54. The third-order valence-corrected chi connectivity index (χ3v) is 8.45. The van der Waals surface area contributed by atoms with Gasteiger partial charge in [0.05, 0.1) is 0 Å². The van der Waals surface area contributed by atoms with Gasteiger partial charge in [0.1, 0.15) is 0 Å². The van der Waals surface area contributed by atoms with E-state index in [1.807, 2.05) is 0 Å². The van der Waals surface area contributed by atoms with Crippen LogP contribution in [0, 0.1) is 16.2 Å². The van der Waals surface area contributed by atoms with Crippen LogP contribution in [-0.2, 0) is 9.53 Å². The largest absolute Gasteiger partial charge is 0.453 e. The van der Waals surface area contributed by atoms with Crippen molar-refractivity contribution in [1.29, 1.82) is 0 Å². The van der Waals surface area contributed by atoms with Gasteiger partial charge >= 0.3 is 17.8 Å². The quantitative estimate of drug-likeness (QED) is 0.479. The van der Waals surface area contributed by atoms with Crippen LogP contribution in [0.15, 0.2) is 0 Å². The number of hydrogen-bond acceptors (Lipinski definition) is 2. The second-order valence-electron chi connectivity index (χ2n) is 9.41. The van der Waals surface area contributed by atoms with Crippen molar-refractivity contribution in [3.63, 3.8) is 0 Å². The molecule has 0 N–H and O–H groups in total. The molecule has 0 spiro atoms. The minimum absolute atomic E-state index is 0.0274. The molecule has 0 aromatic rings. The van der Waals surface area contributed by atoms with Crippen molar-refractivity contribution in [1.82, 2.24) is 0 Å². The lowest BCUT2D eigenvalue weighted by Crippen LogP contribution is -2.77. The van der Waals surface area contributed by atoms with Crippen LogP contribution in [-0.4, -0.2) is 23.4 Å². The van der Waals surface area contributed by atoms with Crippen molar-refractivity contribution in [2.75, 3.05) is 0 Å². The Labute approximate surface area is 145 Å². The predicted molar refractivity (Wildman–Crippen MR) is 83.5 cm³/mol. The molecule has 6 fully saturated rings. The van der Waals surface area contributed by atoms with E-state index in [0.29, 0.717) is 19.3 Å². The maximum atomic E-state index is 15.4. The molecule has 0 aromatic heterocycles. The fourth-order valence-corrected chi connectivity index (χ4v) is 6.69. The second kappa shape index (κ2) is 4.72. The molecule has 0 heterocycles. The molecule has 6 rings (SSSR count). The number of alkyl halides is 4. The molecule has 6 heteroatoms. The SMILES string of the molecule is CC(=O)OC12CCC(C34CCC(C)(CC3)CC4)(CC1)C(F)(F)C2(F)F. The zero-order valence-electron chi connectivity index (χ0n) is 14.9. The fourth-order valence-electron chi connectivity index (χ4n) is 6.69. The number of carbonyl (C=O) groups is 1. The summed E-state index contributed by atoms with van der Waals surface area (Å²) in [5, 5.41) is 0. The number of halogens is 4. The van der Waals surface area contributed by atoms with Gasteiger partial charge in [-0.25, -0.2) is 0 Å². The molecular formula is C19H26F4O2. The molecule has 6 aliphatic carbocycles. The molecule has 0 saturated heterocycles. The zero-order valence-corrected chi connectivity index (χ0v) is 14.9. The fraction of sp³-hybridized carbons (Fsp3) is 0.947. The maximum Gasteiger partial charge on any atom is 0.349 e. The summed E-state index contributed by atoms with van der Waals surface area (Å²) >= 11 is 0. The smallest absolute Gasteiger partial charge is 0.349 e. The van der Waals surface area contributed by atoms with Gasteiger partial charge < -0.3 is 4.74 Å². The van der Waals surface area contributed by atoms with Gasteiger partial charge in [-0.05, 0) is 75.0 Å². The third-order valence-electron chi connectivity index (χ3n) is 8.45. The normalized spacial score (nSPS) is 49.8. The van der Waals surface area contributed by atoms with Crippen LogP contribution in [0.25, 0.3) is 0 Å². The summed E-state index contributed by atoms with van der Waals surface area (Å²) in [4.78, 5) is 11.3. The van der Waals surface area contributed by atoms with Gasteiger partial charge in [0.15, 0.2) is 5.60 Å². The molecule has 2 nitrogen and oxygen atoms in total. The molecular weight excluding hydrogens is 336 g/mol. The van der Waals surface area contributed by atoms with E-state index in [9.17, 15) is 4.79 Å². The highest BCUT2D eigenvalue weighted by molar-refractivity contribution is 5.67. The Bertz CT molecular complexity index is 580. The first kappa shape index (κ1) is 17.6. The molecule has 0 radical (unpaired) electrons. The number of fused-ring (bicyclic) bond motifs is 6. The Kier molecular flexibility index (Phi) is 3.32. The van der Waals surface area contributed by atoms with Crippen molar-refractivity contribution < 1.29 is 27.1 Å². The summed E-state index contributed by atoms with van der Waals surface area (Å²) in [5.41, 5.74) is -4.49. The lowest BCUT2D eigenvalue weighted by Gasteiger charge is -2.69. The van der Waals surface area contributed by atoms with E-state index in [1.54, 1.807) is 0 Å². The summed E-state index contributed by atoms with van der Waals surface area (Å²) in [5.74, 6) is -9.36. The van der Waals surface area contributed by atoms with E-state index in [4.69, 9.17) is 4.74 Å². The molecule has 6 aliphatic rings. The Balaban J connectivity index is 1.77. The van der Waals surface area contributed by atoms with Crippen LogP contribution in [0.4, 0.5) is 17.6 Å². The van der Waals surface area contributed by atoms with E-state index in [1.165, 1.54) is 0 Å². The topological polar surface area (TPSA) is 26.3 Å². The van der Waals surface area contributed by atoms with Crippen LogP contribution >= 0.6 is 0 Å². The molecule has 0 aromatic carbocycles. The first-order valence-electron chi connectivity index (χ1n) is 9.40. The number of ether oxygens (including phenoxy) is 1. The summed E-state index contributed by atoms with van der Waals surface area (Å²) in [7, 11) is 0. The van der Waals surface area contributed by atoms with Gasteiger partial charge in [0, 0.05) is 12.3 Å². The van der Waals surface area contributed by atoms with Crippen molar-refractivity contribution in [2.45, 2.75) is 95.5 Å². The van der Waals surface area contributed by atoms with E-state index < -0.39 is 34.2 Å². The summed E-state index contributed by atoms with van der Waals surface area (Å²) in [6.07, 6.45) is 4.16. The zero-order chi connectivity index (χ0) is 18.4. The van der Waals surface area contributed by atoms with E-state index in [0.717, 1.165) is 26.2 Å². The van der Waals surface area contributed by atoms with Crippen molar-refractivity contribution in [3.05, 3.63) is 0 Å². The monoisotopic (exact) mass is 362 g/mol. The first-order chi connectivity index (χ1) is 11.5. The van der Waals surface area contributed by atoms with Gasteiger partial charge in [-0.1, -0.05) is 6.92 Å². The lowest BCUT2D eigenvalue weighted by molar-refractivity contribution is -0.408. The molecule has 0 atom stereocenters.